The third-order valence-corrected chi connectivity index (χ3v) is 4.07. The molecule has 1 heterocycles. The Morgan fingerprint density at radius 3 is 2.79 bits per heavy atom. The number of hydrogen-bond donors (Lipinski definition) is 2. The summed E-state index contributed by atoms with van der Waals surface area (Å²) < 4.78 is 0. The molecule has 1 unspecified atom stereocenters. The van der Waals surface area contributed by atoms with Crippen molar-refractivity contribution in [3.63, 3.8) is 0 Å². The quantitative estimate of drug-likeness (QED) is 0.830. The maximum absolute atomic E-state index is 12.2. The molecule has 0 aliphatic carbocycles. The van der Waals surface area contributed by atoms with Crippen molar-refractivity contribution in [1.82, 2.24) is 10.2 Å². The molecular weight excluding hydrogens is 256 g/mol. The number of likely N-dealkylation sites (tertiary alicyclic amines) is 1. The van der Waals surface area contributed by atoms with Crippen LogP contribution in [0.15, 0.2) is 23.1 Å². The molecule has 19 heavy (non-hydrogen) atoms. The number of rotatable bonds is 4. The summed E-state index contributed by atoms with van der Waals surface area (Å²) in [5.41, 5.74) is 1.71. The first-order valence-corrected chi connectivity index (χ1v) is 7.34. The smallest absolute Gasteiger partial charge is 0.251 e. The van der Waals surface area contributed by atoms with Crippen LogP contribution < -0.4 is 5.32 Å². The van der Waals surface area contributed by atoms with Crippen molar-refractivity contribution in [2.45, 2.75) is 37.6 Å². The van der Waals surface area contributed by atoms with E-state index < -0.39 is 0 Å². The topological polar surface area (TPSA) is 32.3 Å². The van der Waals surface area contributed by atoms with Gasteiger partial charge in [-0.25, -0.2) is 0 Å². The number of nitrogens with one attached hydrogen (secondary N) is 1. The summed E-state index contributed by atoms with van der Waals surface area (Å²) in [6, 6.07) is 6.07. The number of aryl methyl sites for hydroxylation is 1. The minimum Gasteiger partial charge on any atom is -0.350 e. The van der Waals surface area contributed by atoms with Gasteiger partial charge in [0.25, 0.3) is 5.91 Å². The molecule has 0 saturated carbocycles. The Labute approximate surface area is 120 Å². The van der Waals surface area contributed by atoms with Crippen molar-refractivity contribution in [1.29, 1.82) is 0 Å². The number of benzene rings is 1. The van der Waals surface area contributed by atoms with Gasteiger partial charge >= 0.3 is 0 Å². The maximum Gasteiger partial charge on any atom is 0.251 e. The molecule has 0 spiro atoms. The third-order valence-electron chi connectivity index (χ3n) is 3.79. The Morgan fingerprint density at radius 2 is 2.11 bits per heavy atom. The molecule has 104 valence electrons. The van der Waals surface area contributed by atoms with E-state index in [4.69, 9.17) is 0 Å². The lowest BCUT2D eigenvalue weighted by atomic mass is 10.1. The number of carbonyl (C=O) groups is 1. The summed E-state index contributed by atoms with van der Waals surface area (Å²) in [5, 5.41) is 3.03. The molecule has 1 N–H and O–H groups in total. The highest BCUT2D eigenvalue weighted by atomic mass is 32.1. The molecule has 3 nitrogen and oxygen atoms in total. The van der Waals surface area contributed by atoms with E-state index in [2.05, 4.69) is 29.8 Å². The highest BCUT2D eigenvalue weighted by Crippen LogP contribution is 2.14. The van der Waals surface area contributed by atoms with Gasteiger partial charge in [0.05, 0.1) is 0 Å². The number of amides is 1. The van der Waals surface area contributed by atoms with Gasteiger partial charge in [0.2, 0.25) is 0 Å². The van der Waals surface area contributed by atoms with Crippen LogP contribution in [-0.2, 0) is 0 Å². The van der Waals surface area contributed by atoms with Crippen molar-refractivity contribution < 1.29 is 4.79 Å². The second kappa shape index (κ2) is 6.44. The van der Waals surface area contributed by atoms with Gasteiger partial charge in [-0.2, -0.15) is 0 Å². The molecule has 2 rings (SSSR count). The SMILES string of the molecule is Cc1ccc(S)cc1C(=O)NCC(C)N1CCCC1. The lowest BCUT2D eigenvalue weighted by Crippen LogP contribution is -2.40. The fraction of sp³-hybridized carbons (Fsp3) is 0.533. The van der Waals surface area contributed by atoms with Gasteiger partial charge in [-0.3, -0.25) is 9.69 Å². The number of nitrogens with zero attached hydrogens (tertiary/aromatic N) is 1. The maximum atomic E-state index is 12.2. The zero-order chi connectivity index (χ0) is 13.8. The average Bonchev–Trinajstić information content (AvgIpc) is 2.92. The highest BCUT2D eigenvalue weighted by Gasteiger charge is 2.19. The van der Waals surface area contributed by atoms with Crippen molar-refractivity contribution in [3.05, 3.63) is 29.3 Å². The molecule has 1 aliphatic heterocycles. The Hall–Kier alpha value is -1.00. The van der Waals surface area contributed by atoms with Crippen molar-refractivity contribution in [2.75, 3.05) is 19.6 Å². The van der Waals surface area contributed by atoms with Crippen molar-refractivity contribution >= 4 is 18.5 Å². The van der Waals surface area contributed by atoms with E-state index in [-0.39, 0.29) is 5.91 Å². The first-order valence-electron chi connectivity index (χ1n) is 6.90. The van der Waals surface area contributed by atoms with Gasteiger partial charge in [0.1, 0.15) is 0 Å². The highest BCUT2D eigenvalue weighted by molar-refractivity contribution is 7.80. The monoisotopic (exact) mass is 278 g/mol. The second-order valence-corrected chi connectivity index (χ2v) is 5.82. The predicted molar refractivity (Wildman–Crippen MR) is 81.0 cm³/mol. The van der Waals surface area contributed by atoms with E-state index in [1.165, 1.54) is 12.8 Å². The molecule has 4 heteroatoms. The molecule has 1 atom stereocenters. The average molecular weight is 278 g/mol. The van der Waals surface area contributed by atoms with Crippen LogP contribution in [0.5, 0.6) is 0 Å². The van der Waals surface area contributed by atoms with Crippen LogP contribution in [0.1, 0.15) is 35.7 Å². The lowest BCUT2D eigenvalue weighted by Gasteiger charge is -2.24. The molecule has 0 radical (unpaired) electrons. The first kappa shape index (κ1) is 14.4. The van der Waals surface area contributed by atoms with E-state index in [1.54, 1.807) is 0 Å². The summed E-state index contributed by atoms with van der Waals surface area (Å²) in [6.07, 6.45) is 2.55. The standard InChI is InChI=1S/C15H22N2OS/c1-11-5-6-13(19)9-14(11)15(18)16-10-12(2)17-7-3-4-8-17/h5-6,9,12,19H,3-4,7-8,10H2,1-2H3,(H,16,18). The number of carbonyl (C=O) groups excluding carboxylic acids is 1. The summed E-state index contributed by atoms with van der Waals surface area (Å²) in [7, 11) is 0. The molecule has 1 aromatic carbocycles. The fourth-order valence-electron chi connectivity index (χ4n) is 2.50. The summed E-state index contributed by atoms with van der Waals surface area (Å²) >= 11 is 4.29. The molecule has 1 aromatic rings. The van der Waals surface area contributed by atoms with Gasteiger partial charge in [-0.1, -0.05) is 6.07 Å². The molecular formula is C15H22N2OS. The Kier molecular flexibility index (Phi) is 4.88. The zero-order valence-electron chi connectivity index (χ0n) is 11.6. The van der Waals surface area contributed by atoms with E-state index in [1.807, 2.05) is 25.1 Å². The van der Waals surface area contributed by atoms with Crippen LogP contribution in [0.3, 0.4) is 0 Å². The van der Waals surface area contributed by atoms with Gasteiger partial charge in [-0.05, 0) is 57.5 Å². The molecule has 1 aliphatic rings. The van der Waals surface area contributed by atoms with E-state index in [9.17, 15) is 4.79 Å². The summed E-state index contributed by atoms with van der Waals surface area (Å²) in [6.45, 7) is 7.14. The van der Waals surface area contributed by atoms with Crippen LogP contribution in [0.2, 0.25) is 0 Å². The first-order chi connectivity index (χ1) is 9.08. The molecule has 1 fully saturated rings. The summed E-state index contributed by atoms with van der Waals surface area (Å²) in [5.74, 6) is -0.000512. The van der Waals surface area contributed by atoms with E-state index in [0.717, 1.165) is 29.1 Å². The van der Waals surface area contributed by atoms with E-state index >= 15 is 0 Å². The lowest BCUT2D eigenvalue weighted by molar-refractivity contribution is 0.0939. The largest absolute Gasteiger partial charge is 0.350 e. The zero-order valence-corrected chi connectivity index (χ0v) is 12.5. The van der Waals surface area contributed by atoms with Crippen LogP contribution >= 0.6 is 12.6 Å². The number of hydrogen-bond acceptors (Lipinski definition) is 3. The molecule has 0 aromatic heterocycles. The Balaban J connectivity index is 1.91. The normalized spacial score (nSPS) is 17.4. The van der Waals surface area contributed by atoms with Crippen molar-refractivity contribution in [2.24, 2.45) is 0 Å². The van der Waals surface area contributed by atoms with Crippen LogP contribution in [-0.4, -0.2) is 36.5 Å². The van der Waals surface area contributed by atoms with Gasteiger partial charge in [-0.15, -0.1) is 12.6 Å². The van der Waals surface area contributed by atoms with Crippen LogP contribution in [0, 0.1) is 6.92 Å². The minimum absolute atomic E-state index is 0.000512. The molecule has 0 bridgehead atoms. The molecule has 1 amide bonds. The van der Waals surface area contributed by atoms with Crippen molar-refractivity contribution in [3.8, 4) is 0 Å². The Morgan fingerprint density at radius 1 is 1.42 bits per heavy atom. The van der Waals surface area contributed by atoms with Gasteiger partial charge < -0.3 is 5.32 Å². The van der Waals surface area contributed by atoms with Gasteiger partial charge in [0, 0.05) is 23.0 Å². The van der Waals surface area contributed by atoms with Crippen LogP contribution in [0.4, 0.5) is 0 Å². The Bertz CT molecular complexity index is 455. The third kappa shape index (κ3) is 3.74. The van der Waals surface area contributed by atoms with Crippen LogP contribution in [0.25, 0.3) is 0 Å². The fourth-order valence-corrected chi connectivity index (χ4v) is 2.71. The molecule has 1 saturated heterocycles. The van der Waals surface area contributed by atoms with Gasteiger partial charge in [0.15, 0.2) is 0 Å². The van der Waals surface area contributed by atoms with E-state index in [0.29, 0.717) is 12.6 Å². The summed E-state index contributed by atoms with van der Waals surface area (Å²) in [4.78, 5) is 15.4. The second-order valence-electron chi connectivity index (χ2n) is 5.30. The predicted octanol–water partition coefficient (Wildman–Crippen LogP) is 2.50. The number of thiol groups is 1. The minimum atomic E-state index is -0.000512.